The lowest BCUT2D eigenvalue weighted by molar-refractivity contribution is -0.192. The van der Waals surface area contributed by atoms with Crippen LogP contribution in [0.2, 0.25) is 0 Å². The molecule has 3 amide bonds. The second-order valence-corrected chi connectivity index (χ2v) is 4.21. The number of nitrogens with one attached hydrogen (secondary N) is 2. The average Bonchev–Trinajstić information content (AvgIpc) is 2.70. The van der Waals surface area contributed by atoms with Gasteiger partial charge in [0.15, 0.2) is 0 Å². The first-order valence-electron chi connectivity index (χ1n) is 5.84. The number of rotatable bonds is 1. The summed E-state index contributed by atoms with van der Waals surface area (Å²) in [6.07, 6.45) is -3.34. The van der Waals surface area contributed by atoms with E-state index in [9.17, 15) is 22.8 Å². The van der Waals surface area contributed by atoms with E-state index in [1.54, 1.807) is 0 Å². The lowest BCUT2D eigenvalue weighted by Crippen LogP contribution is -2.46. The highest BCUT2D eigenvalue weighted by molar-refractivity contribution is 6.02. The number of amides is 3. The number of hydrogen-bond donors (Lipinski definition) is 3. The Balaban J connectivity index is 0.000000246. The second-order valence-electron chi connectivity index (χ2n) is 4.21. The summed E-state index contributed by atoms with van der Waals surface area (Å²) in [5.41, 5.74) is 0. The summed E-state index contributed by atoms with van der Waals surface area (Å²) >= 11 is 0. The van der Waals surface area contributed by atoms with Gasteiger partial charge >= 0.3 is 18.2 Å². The van der Waals surface area contributed by atoms with Gasteiger partial charge in [0.2, 0.25) is 5.91 Å². The topological polar surface area (TPSA) is 98.7 Å². The van der Waals surface area contributed by atoms with Crippen molar-refractivity contribution in [3.05, 3.63) is 0 Å². The van der Waals surface area contributed by atoms with Crippen molar-refractivity contribution in [2.75, 3.05) is 19.6 Å². The third-order valence-electron chi connectivity index (χ3n) is 2.79. The smallest absolute Gasteiger partial charge is 0.475 e. The van der Waals surface area contributed by atoms with E-state index < -0.39 is 12.1 Å². The third kappa shape index (κ3) is 4.37. The summed E-state index contributed by atoms with van der Waals surface area (Å²) in [6.45, 7) is 1.95. The van der Waals surface area contributed by atoms with Gasteiger partial charge < -0.3 is 15.7 Å². The maximum atomic E-state index is 11.3. The predicted molar refractivity (Wildman–Crippen MR) is 59.8 cm³/mol. The quantitative estimate of drug-likeness (QED) is 0.588. The van der Waals surface area contributed by atoms with E-state index in [2.05, 4.69) is 10.6 Å². The minimum Gasteiger partial charge on any atom is -0.475 e. The number of carbonyl (C=O) groups is 3. The summed E-state index contributed by atoms with van der Waals surface area (Å²) in [5, 5.41) is 12.9. The molecule has 0 radical (unpaired) electrons. The molecule has 2 rings (SSSR count). The minimum absolute atomic E-state index is 0.0862. The molecule has 20 heavy (non-hydrogen) atoms. The first-order valence-corrected chi connectivity index (χ1v) is 5.84. The molecule has 0 aromatic carbocycles. The Labute approximate surface area is 112 Å². The number of hydrogen-bond acceptors (Lipinski definition) is 4. The van der Waals surface area contributed by atoms with Crippen LogP contribution in [-0.4, -0.2) is 59.8 Å². The molecular formula is C10H14F3N3O4. The Bertz CT molecular complexity index is 378. The Hall–Kier alpha value is -1.84. The lowest BCUT2D eigenvalue weighted by Gasteiger charge is -2.28. The van der Waals surface area contributed by atoms with Crippen LogP contribution in [0.5, 0.6) is 0 Å². The van der Waals surface area contributed by atoms with Crippen molar-refractivity contribution in [2.24, 2.45) is 0 Å². The number of halogens is 3. The van der Waals surface area contributed by atoms with Gasteiger partial charge in [-0.2, -0.15) is 13.2 Å². The maximum absolute atomic E-state index is 11.3. The highest BCUT2D eigenvalue weighted by atomic mass is 19.4. The number of carboxylic acids is 1. The molecular weight excluding hydrogens is 283 g/mol. The number of nitrogens with zero attached hydrogens (tertiary/aromatic N) is 1. The molecule has 7 nitrogen and oxygen atoms in total. The molecule has 0 atom stereocenters. The molecule has 0 bridgehead atoms. The van der Waals surface area contributed by atoms with Gasteiger partial charge in [-0.15, -0.1) is 0 Å². The zero-order chi connectivity index (χ0) is 15.3. The largest absolute Gasteiger partial charge is 0.490 e. The zero-order valence-electron chi connectivity index (χ0n) is 10.4. The monoisotopic (exact) mass is 297 g/mol. The van der Waals surface area contributed by atoms with Crippen molar-refractivity contribution in [3.63, 3.8) is 0 Å². The summed E-state index contributed by atoms with van der Waals surface area (Å²) < 4.78 is 31.7. The first kappa shape index (κ1) is 16.2. The molecule has 2 saturated heterocycles. The zero-order valence-corrected chi connectivity index (χ0v) is 10.4. The minimum atomic E-state index is -5.08. The van der Waals surface area contributed by atoms with Gasteiger partial charge in [0, 0.05) is 6.04 Å². The number of carbonyl (C=O) groups excluding carboxylic acids is 2. The van der Waals surface area contributed by atoms with Crippen LogP contribution < -0.4 is 10.6 Å². The number of carboxylic acid groups (broad SMARTS) is 1. The van der Waals surface area contributed by atoms with E-state index in [-0.39, 0.29) is 24.5 Å². The van der Waals surface area contributed by atoms with Gasteiger partial charge in [0.05, 0.1) is 6.54 Å². The van der Waals surface area contributed by atoms with Crippen molar-refractivity contribution in [1.29, 1.82) is 0 Å². The van der Waals surface area contributed by atoms with Gasteiger partial charge in [-0.3, -0.25) is 9.69 Å². The van der Waals surface area contributed by atoms with Crippen LogP contribution in [-0.2, 0) is 9.59 Å². The number of imide groups is 1. The highest BCUT2D eigenvalue weighted by Gasteiger charge is 2.38. The van der Waals surface area contributed by atoms with E-state index in [1.165, 1.54) is 4.90 Å². The van der Waals surface area contributed by atoms with Crippen molar-refractivity contribution in [2.45, 2.75) is 25.1 Å². The van der Waals surface area contributed by atoms with Gasteiger partial charge in [-0.05, 0) is 25.9 Å². The van der Waals surface area contributed by atoms with Crippen LogP contribution in [0.3, 0.4) is 0 Å². The van der Waals surface area contributed by atoms with Crippen molar-refractivity contribution in [1.82, 2.24) is 15.5 Å². The number of urea groups is 1. The van der Waals surface area contributed by atoms with Gasteiger partial charge in [0.1, 0.15) is 0 Å². The Kier molecular flexibility index (Phi) is 5.31. The molecule has 2 fully saturated rings. The summed E-state index contributed by atoms with van der Waals surface area (Å²) in [6, 6.07) is -0.117. The maximum Gasteiger partial charge on any atom is 0.490 e. The Morgan fingerprint density at radius 1 is 1.25 bits per heavy atom. The van der Waals surface area contributed by atoms with Crippen LogP contribution in [0.1, 0.15) is 12.8 Å². The molecule has 0 aromatic heterocycles. The summed E-state index contributed by atoms with van der Waals surface area (Å²) in [5.74, 6) is -2.84. The molecule has 0 unspecified atom stereocenters. The fourth-order valence-electron chi connectivity index (χ4n) is 1.87. The van der Waals surface area contributed by atoms with Gasteiger partial charge in [0.25, 0.3) is 0 Å². The van der Waals surface area contributed by atoms with Crippen LogP contribution >= 0.6 is 0 Å². The molecule has 114 valence electrons. The summed E-state index contributed by atoms with van der Waals surface area (Å²) in [4.78, 5) is 32.8. The van der Waals surface area contributed by atoms with E-state index in [1.807, 2.05) is 0 Å². The molecule has 0 spiro atoms. The normalized spacial score (nSPS) is 20.2. The van der Waals surface area contributed by atoms with E-state index in [0.29, 0.717) is 0 Å². The molecule has 0 aliphatic carbocycles. The van der Waals surface area contributed by atoms with Gasteiger partial charge in [-0.1, -0.05) is 0 Å². The molecule has 2 aliphatic heterocycles. The van der Waals surface area contributed by atoms with E-state index in [4.69, 9.17) is 9.90 Å². The average molecular weight is 297 g/mol. The fourth-order valence-corrected chi connectivity index (χ4v) is 1.87. The standard InChI is InChI=1S/C8H13N3O2.C2HF3O2/c12-7-5-10-8(13)11(7)6-1-3-9-4-2-6;3-2(4,5)1(6)7/h6,9H,1-5H2,(H,10,13);(H,6,7). The second kappa shape index (κ2) is 6.55. The molecule has 2 heterocycles. The SMILES string of the molecule is O=C(O)C(F)(F)F.O=C1CNC(=O)N1C1CCNCC1. The number of piperidine rings is 1. The molecule has 0 saturated carbocycles. The third-order valence-corrected chi connectivity index (χ3v) is 2.79. The number of aliphatic carboxylic acids is 1. The predicted octanol–water partition coefficient (Wildman–Crippen LogP) is -0.0765. The van der Waals surface area contributed by atoms with Crippen LogP contribution in [0.15, 0.2) is 0 Å². The molecule has 3 N–H and O–H groups in total. The summed E-state index contributed by atoms with van der Waals surface area (Å²) in [7, 11) is 0. The van der Waals surface area contributed by atoms with Crippen molar-refractivity contribution >= 4 is 17.9 Å². The Morgan fingerprint density at radius 2 is 1.75 bits per heavy atom. The molecule has 10 heteroatoms. The van der Waals surface area contributed by atoms with Crippen LogP contribution in [0.4, 0.5) is 18.0 Å². The van der Waals surface area contributed by atoms with Crippen molar-refractivity contribution in [3.8, 4) is 0 Å². The molecule has 2 aliphatic rings. The fraction of sp³-hybridized carbons (Fsp3) is 0.700. The van der Waals surface area contributed by atoms with E-state index >= 15 is 0 Å². The van der Waals surface area contributed by atoms with Crippen LogP contribution in [0, 0.1) is 0 Å². The van der Waals surface area contributed by atoms with E-state index in [0.717, 1.165) is 25.9 Å². The van der Waals surface area contributed by atoms with Gasteiger partial charge in [-0.25, -0.2) is 9.59 Å². The van der Waals surface area contributed by atoms with Crippen LogP contribution in [0.25, 0.3) is 0 Å². The highest BCUT2D eigenvalue weighted by Crippen LogP contribution is 2.14. The lowest BCUT2D eigenvalue weighted by atomic mass is 10.1. The number of alkyl halides is 3. The Morgan fingerprint density at radius 3 is 2.10 bits per heavy atom. The molecule has 0 aromatic rings. The first-order chi connectivity index (χ1) is 9.23. The van der Waals surface area contributed by atoms with Crippen molar-refractivity contribution < 1.29 is 32.7 Å².